The molecule has 618 valence electrons. The van der Waals surface area contributed by atoms with Gasteiger partial charge in [-0.3, -0.25) is 9.55 Å². The maximum Gasteiger partial charge on any atom is 0.238 e. The second-order valence-electron chi connectivity index (χ2n) is 32.8. The fourth-order valence-corrected chi connectivity index (χ4v) is 21.6. The molecule has 0 bridgehead atoms. The second-order valence-corrected chi connectivity index (χ2v) is 34.9. The van der Waals surface area contributed by atoms with Crippen LogP contribution in [0, 0.1) is 0 Å². The topological polar surface area (TPSA) is 123 Å². The first-order valence-electron chi connectivity index (χ1n) is 44.1. The number of rotatable bonds is 12. The van der Waals surface area contributed by atoms with E-state index in [1.165, 1.54) is 84.0 Å². The van der Waals surface area contributed by atoms with Gasteiger partial charge in [-0.2, -0.15) is 9.97 Å². The average Bonchev–Trinajstić information content (AvgIpc) is 1.53. The molecule has 17 aromatic carbocycles. The summed E-state index contributed by atoms with van der Waals surface area (Å²) in [6.45, 7) is 0. The van der Waals surface area contributed by atoms with E-state index in [0.29, 0.717) is 23.4 Å². The number of aromatic nitrogens is 12. The van der Waals surface area contributed by atoms with E-state index < -0.39 is 0 Å². The summed E-state index contributed by atoms with van der Waals surface area (Å²) in [6.07, 6.45) is 1.85. The molecular formula is C118H74N12S2. The van der Waals surface area contributed by atoms with Crippen molar-refractivity contribution < 1.29 is 0 Å². The number of nitrogens with zero attached hydrogens (tertiary/aromatic N) is 12. The van der Waals surface area contributed by atoms with E-state index in [1.807, 2.05) is 168 Å². The minimum absolute atomic E-state index is 0.551. The van der Waals surface area contributed by atoms with Crippen molar-refractivity contribution in [2.24, 2.45) is 0 Å². The molecule has 0 aliphatic heterocycles. The molecule has 10 aromatic heterocycles. The van der Waals surface area contributed by atoms with Gasteiger partial charge < -0.3 is 13.7 Å². The van der Waals surface area contributed by atoms with Crippen LogP contribution < -0.4 is 0 Å². The normalized spacial score (nSPS) is 11.6. The van der Waals surface area contributed by atoms with E-state index in [4.69, 9.17) is 39.9 Å². The highest BCUT2D eigenvalue weighted by molar-refractivity contribution is 7.27. The minimum atomic E-state index is 0.551. The number of thiophene rings is 2. The Morgan fingerprint density at radius 2 is 0.492 bits per heavy atom. The third-order valence-corrected chi connectivity index (χ3v) is 27.5. The van der Waals surface area contributed by atoms with E-state index in [9.17, 15) is 0 Å². The van der Waals surface area contributed by atoms with Gasteiger partial charge in [0.05, 0.1) is 72.4 Å². The van der Waals surface area contributed by atoms with E-state index >= 15 is 0 Å². The van der Waals surface area contributed by atoms with Crippen molar-refractivity contribution in [3.8, 4) is 114 Å². The van der Waals surface area contributed by atoms with Crippen molar-refractivity contribution in [3.05, 3.63) is 449 Å². The Hall–Kier alpha value is -17.3. The van der Waals surface area contributed by atoms with Gasteiger partial charge in [0, 0.05) is 146 Å². The van der Waals surface area contributed by atoms with Crippen LogP contribution in [-0.2, 0) is 0 Å². The summed E-state index contributed by atoms with van der Waals surface area (Å²) in [5.74, 6) is 3.22. The minimum Gasteiger partial charge on any atom is -0.309 e. The lowest BCUT2D eigenvalue weighted by atomic mass is 10.1. The van der Waals surface area contributed by atoms with Gasteiger partial charge in [-0.05, 0) is 127 Å². The van der Waals surface area contributed by atoms with Crippen molar-refractivity contribution in [2.75, 3.05) is 0 Å². The van der Waals surface area contributed by atoms with Crippen LogP contribution in [0.5, 0.6) is 0 Å². The van der Waals surface area contributed by atoms with Gasteiger partial charge >= 0.3 is 0 Å². The number of hydrogen-bond donors (Lipinski definition) is 0. The summed E-state index contributed by atoms with van der Waals surface area (Å²) in [7, 11) is 0. The van der Waals surface area contributed by atoms with Crippen molar-refractivity contribution in [2.45, 2.75) is 0 Å². The van der Waals surface area contributed by atoms with Crippen LogP contribution in [0.25, 0.3) is 241 Å². The largest absolute Gasteiger partial charge is 0.309 e. The molecule has 132 heavy (non-hydrogen) atoms. The molecule has 0 fully saturated rings. The Morgan fingerprint density at radius 1 is 0.189 bits per heavy atom. The Bertz CT molecular complexity index is 8590. The van der Waals surface area contributed by atoms with Crippen LogP contribution in [0.3, 0.4) is 0 Å². The number of pyridine rings is 1. The quantitative estimate of drug-likeness (QED) is 0.119. The lowest BCUT2D eigenvalue weighted by Gasteiger charge is -2.11. The summed E-state index contributed by atoms with van der Waals surface area (Å²) < 4.78 is 14.6. The Kier molecular flexibility index (Phi) is 19.0. The van der Waals surface area contributed by atoms with Gasteiger partial charge in [0.2, 0.25) is 5.95 Å². The van der Waals surface area contributed by atoms with Crippen molar-refractivity contribution in [1.29, 1.82) is 0 Å². The van der Waals surface area contributed by atoms with E-state index in [-0.39, 0.29) is 0 Å². The number of para-hydroxylation sites is 4. The zero-order chi connectivity index (χ0) is 87.1. The summed E-state index contributed by atoms with van der Waals surface area (Å²) in [4.78, 5) is 40.1. The summed E-state index contributed by atoms with van der Waals surface area (Å²) in [5.41, 5.74) is 25.0. The second kappa shape index (κ2) is 32.5. The molecule has 0 unspecified atom stereocenters. The fourth-order valence-electron chi connectivity index (χ4n) is 19.1. The molecule has 0 spiro atoms. The SMILES string of the molecule is c1ccc(-c2cc(-c3ccc(-n4c5ccccc5c5c6sc7ccccc7c6ccc54)cc3)nc(-c3ccccc3)n2)cc1.c1ccc(-c2cc(-c3ccccc3)nc(-c3ccc(-n4c5ccccc5c5c6sc7ccccc7c6ccc54)cc3)n2)cc1.c1ccc(-c2nc(-c3ccccc3)nc(-n3c4cccnc4c4ccc5c(c6ccccc6n5-c5ccccc5)c43)n2)cc1. The maximum atomic E-state index is 5.13. The summed E-state index contributed by atoms with van der Waals surface area (Å²) >= 11 is 3.77. The highest BCUT2D eigenvalue weighted by Gasteiger charge is 2.27. The fraction of sp³-hybridized carbons (Fsp3) is 0. The predicted molar refractivity (Wildman–Crippen MR) is 548 cm³/mol. The van der Waals surface area contributed by atoms with Gasteiger partial charge in [-0.1, -0.05) is 315 Å². The summed E-state index contributed by atoms with van der Waals surface area (Å²) in [6, 6.07) is 155. The molecule has 0 atom stereocenters. The van der Waals surface area contributed by atoms with Gasteiger partial charge in [-0.25, -0.2) is 24.9 Å². The highest BCUT2D eigenvalue weighted by atomic mass is 32.1. The van der Waals surface area contributed by atoms with Crippen molar-refractivity contribution in [1.82, 2.24) is 58.1 Å². The zero-order valence-electron chi connectivity index (χ0n) is 70.9. The van der Waals surface area contributed by atoms with Crippen LogP contribution >= 0.6 is 22.7 Å². The first-order valence-corrected chi connectivity index (χ1v) is 45.7. The first-order chi connectivity index (χ1) is 65.5. The van der Waals surface area contributed by atoms with Crippen molar-refractivity contribution in [3.63, 3.8) is 0 Å². The summed E-state index contributed by atoms with van der Waals surface area (Å²) in [5, 5.41) is 13.8. The molecule has 0 amide bonds. The molecule has 27 aromatic rings. The van der Waals surface area contributed by atoms with Crippen LogP contribution in [0.4, 0.5) is 0 Å². The number of fused-ring (bicyclic) bond motifs is 21. The molecule has 0 radical (unpaired) electrons. The molecule has 14 heteroatoms. The third-order valence-electron chi connectivity index (χ3n) is 25.1. The van der Waals surface area contributed by atoms with Gasteiger partial charge in [0.15, 0.2) is 23.3 Å². The van der Waals surface area contributed by atoms with Crippen LogP contribution in [0.1, 0.15) is 0 Å². The molecule has 27 rings (SSSR count). The smallest absolute Gasteiger partial charge is 0.238 e. The van der Waals surface area contributed by atoms with Crippen LogP contribution in [0.2, 0.25) is 0 Å². The predicted octanol–water partition coefficient (Wildman–Crippen LogP) is 30.7. The molecule has 0 aliphatic rings. The van der Waals surface area contributed by atoms with Gasteiger partial charge in [-0.15, -0.1) is 22.7 Å². The van der Waals surface area contributed by atoms with Gasteiger partial charge in [0.25, 0.3) is 0 Å². The Morgan fingerprint density at radius 3 is 0.909 bits per heavy atom. The molecule has 0 saturated heterocycles. The Labute approximate surface area is 765 Å². The maximum absolute atomic E-state index is 5.13. The standard InChI is InChI=1S/2C40H25N3S.C38H24N6/c1-3-11-26(12-4-1)33-25-34(42-40(41-33)28-13-5-2-6-14-28)27-19-21-29(22-20-27)43-35-17-9-7-16-32(35)38-36(43)24-23-31-30-15-8-10-18-37(30)44-39(31)38;1-3-11-26(12-4-1)33-25-34(27-13-5-2-6-14-27)42-40(41-33)28-19-21-29(22-20-28)43-35-17-9-7-16-32(35)38-36(43)24-23-31-30-15-8-10-18-37(30)44-39(31)38;1-4-13-25(14-5-1)36-40-37(26-15-6-2-7-16-26)42-38(41-36)44-32-21-12-24-39-34(32)29-22-23-31-33(35(29)44)28-19-10-11-20-30(28)43(31)27-17-8-3-9-18-27/h2*1-25H;1-24H. The third kappa shape index (κ3) is 13.4. The van der Waals surface area contributed by atoms with Crippen LogP contribution in [-0.4, -0.2) is 58.1 Å². The average molecular weight is 1720 g/mol. The van der Waals surface area contributed by atoms with Gasteiger partial charge in [0.1, 0.15) is 0 Å². The lowest BCUT2D eigenvalue weighted by Crippen LogP contribution is -2.06. The highest BCUT2D eigenvalue weighted by Crippen LogP contribution is 2.48. The molecule has 12 nitrogen and oxygen atoms in total. The molecule has 0 N–H and O–H groups in total. The Balaban J connectivity index is 0.000000106. The molecule has 0 saturated carbocycles. The lowest BCUT2D eigenvalue weighted by molar-refractivity contribution is 0.954. The molecule has 10 heterocycles. The molecule has 0 aliphatic carbocycles. The number of hydrogen-bond acceptors (Lipinski definition) is 10. The van der Waals surface area contributed by atoms with Crippen LogP contribution in [0.15, 0.2) is 449 Å². The van der Waals surface area contributed by atoms with Crippen molar-refractivity contribution >= 4 is 150 Å². The van der Waals surface area contributed by atoms with E-state index in [1.54, 1.807) is 0 Å². The zero-order valence-corrected chi connectivity index (χ0v) is 72.5. The number of benzene rings is 17. The van der Waals surface area contributed by atoms with E-state index in [0.717, 1.165) is 134 Å². The first kappa shape index (κ1) is 77.1. The monoisotopic (exact) mass is 1720 g/mol. The molecular weight excluding hydrogens is 1650 g/mol. The van der Waals surface area contributed by atoms with E-state index in [2.05, 4.69) is 322 Å².